The fraction of sp³-hybridized carbons (Fsp3) is 0.238. The summed E-state index contributed by atoms with van der Waals surface area (Å²) in [7, 11) is 1.63. The molecule has 0 saturated carbocycles. The van der Waals surface area contributed by atoms with Gasteiger partial charge in [0.1, 0.15) is 11.6 Å². The molecule has 3 N–H and O–H groups in total. The first kappa shape index (κ1) is 21.4. The van der Waals surface area contributed by atoms with Crippen LogP contribution >= 0.6 is 11.8 Å². The van der Waals surface area contributed by atoms with E-state index < -0.39 is 5.91 Å². The maximum Gasteiger partial charge on any atom is 0.250 e. The minimum Gasteiger partial charge on any atom is -0.497 e. The first-order valence-electron chi connectivity index (χ1n) is 9.38. The van der Waals surface area contributed by atoms with Crippen molar-refractivity contribution in [3.63, 3.8) is 0 Å². The molecule has 0 atom stereocenters. The summed E-state index contributed by atoms with van der Waals surface area (Å²) in [5.41, 5.74) is 7.11. The summed E-state index contributed by atoms with van der Waals surface area (Å²) in [6.07, 6.45) is 0.629. The van der Waals surface area contributed by atoms with E-state index in [1.54, 1.807) is 31.4 Å². The predicted octanol–water partition coefficient (Wildman–Crippen LogP) is 2.73. The number of nitrogens with one attached hydrogen (secondary N) is 1. The lowest BCUT2D eigenvalue weighted by Crippen LogP contribution is -2.19. The van der Waals surface area contributed by atoms with Gasteiger partial charge in [0, 0.05) is 13.0 Å². The third-order valence-corrected chi connectivity index (χ3v) is 5.40. The molecule has 0 fully saturated rings. The molecule has 156 valence electrons. The number of rotatable bonds is 9. The number of nitrogens with zero attached hydrogens (tertiary/aromatic N) is 3. The molecule has 3 rings (SSSR count). The molecule has 0 spiro atoms. The van der Waals surface area contributed by atoms with Crippen LogP contribution in [0.2, 0.25) is 0 Å². The zero-order chi connectivity index (χ0) is 21.5. The van der Waals surface area contributed by atoms with Crippen molar-refractivity contribution in [1.29, 1.82) is 0 Å². The smallest absolute Gasteiger partial charge is 0.250 e. The Balaban J connectivity index is 1.64. The second-order valence-electron chi connectivity index (χ2n) is 6.41. The van der Waals surface area contributed by atoms with Crippen LogP contribution in [-0.2, 0) is 17.8 Å². The van der Waals surface area contributed by atoms with Crippen LogP contribution in [0.15, 0.2) is 53.7 Å². The van der Waals surface area contributed by atoms with Crippen molar-refractivity contribution >= 4 is 29.3 Å². The van der Waals surface area contributed by atoms with Gasteiger partial charge in [-0.3, -0.25) is 9.59 Å². The minimum atomic E-state index is -0.590. The maximum absolute atomic E-state index is 12.4. The van der Waals surface area contributed by atoms with Crippen molar-refractivity contribution in [1.82, 2.24) is 14.8 Å². The number of ether oxygens (including phenoxy) is 1. The Morgan fingerprint density at radius 1 is 1.13 bits per heavy atom. The lowest BCUT2D eigenvalue weighted by atomic mass is 10.1. The van der Waals surface area contributed by atoms with E-state index in [-0.39, 0.29) is 17.2 Å². The van der Waals surface area contributed by atoms with Gasteiger partial charge in [0.2, 0.25) is 5.91 Å². The van der Waals surface area contributed by atoms with Crippen molar-refractivity contribution in [2.45, 2.75) is 25.0 Å². The molecule has 0 aliphatic heterocycles. The van der Waals surface area contributed by atoms with Crippen molar-refractivity contribution in [2.75, 3.05) is 18.2 Å². The van der Waals surface area contributed by atoms with Gasteiger partial charge in [-0.1, -0.05) is 36.0 Å². The number of thioether (sulfide) groups is 1. The molecule has 2 amide bonds. The molecule has 8 nitrogen and oxygen atoms in total. The summed E-state index contributed by atoms with van der Waals surface area (Å²) in [5.74, 6) is 0.914. The third kappa shape index (κ3) is 5.18. The molecule has 2 aromatic carbocycles. The standard InChI is InChI=1S/C21H23N5O3S/c1-3-26-18(12-14-8-10-15(29-2)11-9-14)24-25-21(26)30-13-19(27)23-17-7-5-4-6-16(17)20(22)28/h4-11H,3,12-13H2,1-2H3,(H2,22,28)(H,23,27). The first-order valence-corrected chi connectivity index (χ1v) is 10.4. The summed E-state index contributed by atoms with van der Waals surface area (Å²) in [6.45, 7) is 2.70. The van der Waals surface area contributed by atoms with Gasteiger partial charge in [0.05, 0.1) is 24.1 Å². The molecule has 30 heavy (non-hydrogen) atoms. The van der Waals surface area contributed by atoms with Gasteiger partial charge in [-0.15, -0.1) is 10.2 Å². The Morgan fingerprint density at radius 2 is 1.87 bits per heavy atom. The average Bonchev–Trinajstić information content (AvgIpc) is 3.14. The Kier molecular flexibility index (Phi) is 7.08. The van der Waals surface area contributed by atoms with Crippen LogP contribution in [-0.4, -0.2) is 39.4 Å². The number of hydrogen-bond acceptors (Lipinski definition) is 6. The van der Waals surface area contributed by atoms with Crippen LogP contribution < -0.4 is 15.8 Å². The summed E-state index contributed by atoms with van der Waals surface area (Å²) in [5, 5.41) is 11.9. The fourth-order valence-corrected chi connectivity index (χ4v) is 3.74. The second kappa shape index (κ2) is 9.93. The number of primary amides is 1. The number of methoxy groups -OCH3 is 1. The Morgan fingerprint density at radius 3 is 2.53 bits per heavy atom. The highest BCUT2D eigenvalue weighted by molar-refractivity contribution is 7.99. The number of para-hydroxylation sites is 1. The fourth-order valence-electron chi connectivity index (χ4n) is 2.92. The minimum absolute atomic E-state index is 0.133. The number of aromatic nitrogens is 3. The number of amides is 2. The van der Waals surface area contributed by atoms with Crippen LogP contribution in [0.4, 0.5) is 5.69 Å². The number of benzene rings is 2. The van der Waals surface area contributed by atoms with E-state index in [1.165, 1.54) is 11.8 Å². The second-order valence-corrected chi connectivity index (χ2v) is 7.36. The van der Waals surface area contributed by atoms with Crippen molar-refractivity contribution < 1.29 is 14.3 Å². The quantitative estimate of drug-likeness (QED) is 0.510. The van der Waals surface area contributed by atoms with Gasteiger partial charge in [0.25, 0.3) is 5.91 Å². The molecule has 0 saturated heterocycles. The largest absolute Gasteiger partial charge is 0.497 e. The number of hydrogen-bond donors (Lipinski definition) is 2. The molecule has 0 unspecified atom stereocenters. The van der Waals surface area contributed by atoms with E-state index in [0.717, 1.165) is 17.1 Å². The number of carbonyl (C=O) groups is 2. The Bertz CT molecular complexity index is 1030. The van der Waals surface area contributed by atoms with Crippen LogP contribution in [0.1, 0.15) is 28.7 Å². The van der Waals surface area contributed by atoms with Gasteiger partial charge in [-0.2, -0.15) is 0 Å². The lowest BCUT2D eigenvalue weighted by Gasteiger charge is -2.09. The molecular formula is C21H23N5O3S. The van der Waals surface area contributed by atoms with Crippen molar-refractivity contribution in [2.24, 2.45) is 5.73 Å². The van der Waals surface area contributed by atoms with E-state index in [9.17, 15) is 9.59 Å². The Labute approximate surface area is 178 Å². The first-order chi connectivity index (χ1) is 14.5. The predicted molar refractivity (Wildman–Crippen MR) is 116 cm³/mol. The molecule has 3 aromatic rings. The zero-order valence-corrected chi connectivity index (χ0v) is 17.6. The third-order valence-electron chi connectivity index (χ3n) is 4.43. The monoisotopic (exact) mass is 425 g/mol. The van der Waals surface area contributed by atoms with Gasteiger partial charge < -0.3 is 20.4 Å². The highest BCUT2D eigenvalue weighted by Crippen LogP contribution is 2.21. The lowest BCUT2D eigenvalue weighted by molar-refractivity contribution is -0.113. The zero-order valence-electron chi connectivity index (χ0n) is 16.8. The van der Waals surface area contributed by atoms with Gasteiger partial charge in [-0.25, -0.2) is 0 Å². The van der Waals surface area contributed by atoms with Crippen molar-refractivity contribution in [3.8, 4) is 5.75 Å². The molecule has 1 aromatic heterocycles. The molecule has 9 heteroatoms. The number of anilines is 1. The molecule has 1 heterocycles. The van der Waals surface area contributed by atoms with E-state index in [1.807, 2.05) is 35.8 Å². The highest BCUT2D eigenvalue weighted by atomic mass is 32.2. The van der Waals surface area contributed by atoms with Gasteiger partial charge in [0.15, 0.2) is 5.16 Å². The van der Waals surface area contributed by atoms with E-state index in [4.69, 9.17) is 10.5 Å². The van der Waals surface area contributed by atoms with Crippen LogP contribution in [0.5, 0.6) is 5.75 Å². The summed E-state index contributed by atoms with van der Waals surface area (Å²) in [6, 6.07) is 14.4. The highest BCUT2D eigenvalue weighted by Gasteiger charge is 2.15. The van der Waals surface area contributed by atoms with Gasteiger partial charge in [-0.05, 0) is 36.8 Å². The van der Waals surface area contributed by atoms with Crippen LogP contribution in [0, 0.1) is 0 Å². The summed E-state index contributed by atoms with van der Waals surface area (Å²) >= 11 is 1.29. The maximum atomic E-state index is 12.4. The van der Waals surface area contributed by atoms with Crippen molar-refractivity contribution in [3.05, 3.63) is 65.5 Å². The SMILES string of the molecule is CCn1c(Cc2ccc(OC)cc2)nnc1SCC(=O)Nc1ccccc1C(N)=O. The van der Waals surface area contributed by atoms with Crippen LogP contribution in [0.25, 0.3) is 0 Å². The normalized spacial score (nSPS) is 10.6. The van der Waals surface area contributed by atoms with E-state index in [0.29, 0.717) is 23.8 Å². The molecule has 0 bridgehead atoms. The van der Waals surface area contributed by atoms with E-state index in [2.05, 4.69) is 15.5 Å². The number of carbonyl (C=O) groups excluding carboxylic acids is 2. The summed E-state index contributed by atoms with van der Waals surface area (Å²) < 4.78 is 7.17. The van der Waals surface area contributed by atoms with Gasteiger partial charge >= 0.3 is 0 Å². The summed E-state index contributed by atoms with van der Waals surface area (Å²) in [4.78, 5) is 23.9. The topological polar surface area (TPSA) is 112 Å². The molecule has 0 aliphatic rings. The number of nitrogens with two attached hydrogens (primary N) is 1. The van der Waals surface area contributed by atoms with E-state index >= 15 is 0 Å². The Hall–Kier alpha value is -3.33. The molecule has 0 aliphatic carbocycles. The molecular weight excluding hydrogens is 402 g/mol. The average molecular weight is 426 g/mol. The van der Waals surface area contributed by atoms with Crippen LogP contribution in [0.3, 0.4) is 0 Å². The molecule has 0 radical (unpaired) electrons.